The van der Waals surface area contributed by atoms with E-state index >= 15 is 0 Å². The number of nitrogens with one attached hydrogen (secondary N) is 3. The van der Waals surface area contributed by atoms with E-state index in [0.29, 0.717) is 12.2 Å². The molecule has 3 rings (SSSR count). The van der Waals surface area contributed by atoms with Gasteiger partial charge in [0.05, 0.1) is 18.9 Å². The third-order valence-electron chi connectivity index (χ3n) is 5.48. The summed E-state index contributed by atoms with van der Waals surface area (Å²) in [5, 5.41) is 3.41. The minimum absolute atomic E-state index is 0.0503. The number of nitrogens with zero attached hydrogens (tertiary/aromatic N) is 1. The number of sulfonamides is 1. The Bertz CT molecular complexity index is 880. The van der Waals surface area contributed by atoms with Gasteiger partial charge in [0.1, 0.15) is 36.3 Å². The summed E-state index contributed by atoms with van der Waals surface area (Å²) in [5.41, 5.74) is 0.710. The highest BCUT2D eigenvalue weighted by molar-refractivity contribution is 7.92. The Morgan fingerprint density at radius 1 is 1.14 bits per heavy atom. The number of morpholine rings is 1. The first-order chi connectivity index (χ1) is 13.8. The number of para-hydroxylation sites is 1. The minimum atomic E-state index is -3.63. The Labute approximate surface area is 173 Å². The van der Waals surface area contributed by atoms with Crippen LogP contribution in [0.25, 0.3) is 0 Å². The van der Waals surface area contributed by atoms with Gasteiger partial charge in [0.25, 0.3) is 15.8 Å². The summed E-state index contributed by atoms with van der Waals surface area (Å²) < 4.78 is 33.0. The molecule has 0 atom stereocenters. The van der Waals surface area contributed by atoms with E-state index in [1.54, 1.807) is 30.5 Å². The summed E-state index contributed by atoms with van der Waals surface area (Å²) in [5.74, 6) is 0.799. The van der Waals surface area contributed by atoms with Crippen molar-refractivity contribution in [2.45, 2.75) is 31.2 Å². The number of pyridine rings is 1. The zero-order valence-electron chi connectivity index (χ0n) is 17.4. The van der Waals surface area contributed by atoms with Crippen molar-refractivity contribution in [3.63, 3.8) is 0 Å². The van der Waals surface area contributed by atoms with Gasteiger partial charge >= 0.3 is 0 Å². The molecule has 3 N–H and O–H groups in total. The molecule has 29 heavy (non-hydrogen) atoms. The fourth-order valence-corrected chi connectivity index (χ4v) is 5.07. The topological polar surface area (TPSA) is 77.2 Å². The summed E-state index contributed by atoms with van der Waals surface area (Å²) in [6.07, 6.45) is 1.55. The molecule has 0 spiro atoms. The zero-order chi connectivity index (χ0) is 20.9. The monoisotopic (exact) mass is 420 g/mol. The van der Waals surface area contributed by atoms with Gasteiger partial charge in [-0.1, -0.05) is 18.2 Å². The van der Waals surface area contributed by atoms with E-state index < -0.39 is 10.0 Å². The molecule has 7 nitrogen and oxygen atoms in total. The Hall–Kier alpha value is -2.16. The van der Waals surface area contributed by atoms with Crippen molar-refractivity contribution in [1.82, 2.24) is 0 Å². The van der Waals surface area contributed by atoms with Gasteiger partial charge in [0, 0.05) is 12.6 Å². The van der Waals surface area contributed by atoms with Gasteiger partial charge < -0.3 is 9.64 Å². The number of quaternary nitrogens is 1. The number of ether oxygens (including phenoxy) is 1. The molecule has 2 heterocycles. The molecule has 0 radical (unpaired) electrons. The maximum Gasteiger partial charge on any atom is 0.272 e. The highest BCUT2D eigenvalue weighted by Gasteiger charge is 2.34. The highest BCUT2D eigenvalue weighted by Crippen LogP contribution is 2.22. The normalized spacial score (nSPS) is 15.8. The van der Waals surface area contributed by atoms with Crippen molar-refractivity contribution in [2.75, 3.05) is 49.0 Å². The van der Waals surface area contributed by atoms with Gasteiger partial charge in [-0.2, -0.15) is 0 Å². The van der Waals surface area contributed by atoms with Crippen molar-refractivity contribution in [3.8, 4) is 0 Å². The van der Waals surface area contributed by atoms with Gasteiger partial charge in [0.2, 0.25) is 0 Å². The van der Waals surface area contributed by atoms with Crippen molar-refractivity contribution in [2.24, 2.45) is 0 Å². The van der Waals surface area contributed by atoms with Gasteiger partial charge in [-0.3, -0.25) is 9.62 Å². The van der Waals surface area contributed by atoms with Crippen LogP contribution in [0.5, 0.6) is 0 Å². The number of anilines is 2. The van der Waals surface area contributed by atoms with Crippen LogP contribution < -0.4 is 19.5 Å². The first kappa shape index (κ1) is 21.5. The van der Waals surface area contributed by atoms with E-state index in [2.05, 4.69) is 24.1 Å². The van der Waals surface area contributed by atoms with E-state index in [0.717, 1.165) is 38.7 Å². The van der Waals surface area contributed by atoms with Crippen molar-refractivity contribution < 1.29 is 23.0 Å². The molecule has 0 amide bonds. The Kier molecular flexibility index (Phi) is 6.77. The van der Waals surface area contributed by atoms with Crippen LogP contribution in [-0.2, 0) is 14.8 Å². The number of rotatable bonds is 8. The number of hydrogen-bond donors (Lipinski definition) is 2. The molecule has 1 fully saturated rings. The summed E-state index contributed by atoms with van der Waals surface area (Å²) >= 11 is 0. The predicted octanol–water partition coefficient (Wildman–Crippen LogP) is 0.822. The van der Waals surface area contributed by atoms with Crippen LogP contribution in [-0.4, -0.2) is 53.3 Å². The molecule has 8 heteroatoms. The summed E-state index contributed by atoms with van der Waals surface area (Å²) in [6.45, 7) is 11.0. The molecule has 158 valence electrons. The molecule has 1 aliphatic heterocycles. The van der Waals surface area contributed by atoms with E-state index in [9.17, 15) is 8.42 Å². The Morgan fingerprint density at radius 3 is 2.41 bits per heavy atom. The summed E-state index contributed by atoms with van der Waals surface area (Å²) in [6, 6.07) is 12.6. The quantitative estimate of drug-likeness (QED) is 0.663. The van der Waals surface area contributed by atoms with Crippen LogP contribution in [0.3, 0.4) is 0 Å². The fraction of sp³-hybridized carbons (Fsp3) is 0.476. The average molecular weight is 421 g/mol. The Morgan fingerprint density at radius 2 is 1.83 bits per heavy atom. The number of aromatic nitrogens is 1. The number of aromatic amines is 1. The van der Waals surface area contributed by atoms with Crippen molar-refractivity contribution in [1.29, 1.82) is 0 Å². The molecular weight excluding hydrogens is 388 g/mol. The van der Waals surface area contributed by atoms with Gasteiger partial charge in [-0.15, -0.1) is 0 Å². The largest absolute Gasteiger partial charge is 0.370 e. The molecule has 0 saturated carbocycles. The lowest BCUT2D eigenvalue weighted by Gasteiger charge is -2.36. The number of hydrogen-bond acceptors (Lipinski definition) is 4. The van der Waals surface area contributed by atoms with Gasteiger partial charge in [-0.25, -0.2) is 13.4 Å². The van der Waals surface area contributed by atoms with Crippen LogP contribution in [0.2, 0.25) is 0 Å². The van der Waals surface area contributed by atoms with E-state index in [1.165, 1.54) is 9.21 Å². The van der Waals surface area contributed by atoms with Crippen LogP contribution in [0.15, 0.2) is 53.6 Å². The molecule has 0 aliphatic carbocycles. The maximum absolute atomic E-state index is 13.1. The summed E-state index contributed by atoms with van der Waals surface area (Å²) in [4.78, 5) is 4.85. The third-order valence-corrected chi connectivity index (χ3v) is 7.38. The first-order valence-electron chi connectivity index (χ1n) is 10.1. The maximum atomic E-state index is 13.1. The van der Waals surface area contributed by atoms with Crippen LogP contribution in [0.1, 0.15) is 20.8 Å². The minimum Gasteiger partial charge on any atom is -0.370 e. The zero-order valence-corrected chi connectivity index (χ0v) is 18.3. The van der Waals surface area contributed by atoms with Crippen LogP contribution in [0, 0.1) is 0 Å². The van der Waals surface area contributed by atoms with E-state index in [-0.39, 0.29) is 10.4 Å². The van der Waals surface area contributed by atoms with Crippen molar-refractivity contribution >= 4 is 21.5 Å². The number of benzene rings is 1. The molecule has 1 aromatic heterocycles. The fourth-order valence-electron chi connectivity index (χ4n) is 3.63. The molecule has 1 aromatic carbocycles. The molecule has 2 aromatic rings. The second-order valence-electron chi connectivity index (χ2n) is 7.90. The molecular formula is C21H32N4O3S+2. The SMILES string of the molecule is CCN(c1ccccc1)S(=O)(=O)c1ccc(NCC(C)(C)[NH+]2CCOCC2)[nH+]c1. The number of H-pyrrole nitrogens is 1. The van der Waals surface area contributed by atoms with Gasteiger partial charge in [0.15, 0.2) is 0 Å². The van der Waals surface area contributed by atoms with E-state index in [1.807, 2.05) is 25.1 Å². The second kappa shape index (κ2) is 9.11. The lowest BCUT2D eigenvalue weighted by atomic mass is 10.0. The molecule has 1 aliphatic rings. The highest BCUT2D eigenvalue weighted by atomic mass is 32.2. The molecule has 1 saturated heterocycles. The lowest BCUT2D eigenvalue weighted by Crippen LogP contribution is -3.21. The van der Waals surface area contributed by atoms with Crippen LogP contribution >= 0.6 is 0 Å². The molecule has 0 unspecified atom stereocenters. The standard InChI is InChI=1S/C21H30N4O3S/c1-4-25(18-8-6-5-7-9-18)29(26,27)19-10-11-20(22-16-19)23-17-21(2,3)24-12-14-28-15-13-24/h5-11,16H,4,12-15,17H2,1-3H3,(H,22,23)/p+2. The lowest BCUT2D eigenvalue weighted by molar-refractivity contribution is -0.953. The Balaban J connectivity index is 1.69. The summed E-state index contributed by atoms with van der Waals surface area (Å²) in [7, 11) is -3.63. The second-order valence-corrected chi connectivity index (χ2v) is 9.76. The van der Waals surface area contributed by atoms with Crippen LogP contribution in [0.4, 0.5) is 11.5 Å². The molecule has 0 bridgehead atoms. The smallest absolute Gasteiger partial charge is 0.272 e. The first-order valence-corrected chi connectivity index (χ1v) is 11.5. The van der Waals surface area contributed by atoms with E-state index in [4.69, 9.17) is 4.74 Å². The van der Waals surface area contributed by atoms with Gasteiger partial charge in [-0.05, 0) is 39.0 Å². The predicted molar refractivity (Wildman–Crippen MR) is 114 cm³/mol. The average Bonchev–Trinajstić information content (AvgIpc) is 2.74. The van der Waals surface area contributed by atoms with Crippen molar-refractivity contribution in [3.05, 3.63) is 48.7 Å². The third kappa shape index (κ3) is 5.07.